The number of nitrogens with zero attached hydrogens (tertiary/aromatic N) is 1. The first-order valence-corrected chi connectivity index (χ1v) is 4.38. The highest BCUT2D eigenvalue weighted by Crippen LogP contribution is 2.28. The van der Waals surface area contributed by atoms with Crippen LogP contribution in [0.15, 0.2) is 30.8 Å². The van der Waals surface area contributed by atoms with Crippen LogP contribution in [-0.2, 0) is 6.42 Å². The largest absolute Gasteiger partial charge is 0.373 e. The third-order valence-corrected chi connectivity index (χ3v) is 2.60. The molecule has 13 heavy (non-hydrogen) atoms. The highest BCUT2D eigenvalue weighted by atomic mass is 16.3. The number of benzene rings is 1. The molecule has 1 aromatic rings. The van der Waals surface area contributed by atoms with Crippen LogP contribution in [0.25, 0.3) is 5.70 Å². The van der Waals surface area contributed by atoms with Crippen LogP contribution in [0.4, 0.5) is 0 Å². The van der Waals surface area contributed by atoms with Gasteiger partial charge in [0, 0.05) is 24.7 Å². The van der Waals surface area contributed by atoms with E-state index in [4.69, 9.17) is 0 Å². The summed E-state index contributed by atoms with van der Waals surface area (Å²) in [5.74, 6) is 0. The molecule has 1 atom stereocenters. The van der Waals surface area contributed by atoms with Gasteiger partial charge in [-0.3, -0.25) is 0 Å². The Morgan fingerprint density at radius 3 is 2.92 bits per heavy atom. The molecular formula is C11H13NO. The second kappa shape index (κ2) is 2.89. The number of hydrogen-bond acceptors (Lipinski definition) is 2. The normalized spacial score (nSPS) is 21.5. The lowest BCUT2D eigenvalue weighted by molar-refractivity contribution is 0.0585. The molecule has 0 saturated heterocycles. The molecule has 2 heteroatoms. The van der Waals surface area contributed by atoms with E-state index in [1.165, 1.54) is 5.56 Å². The van der Waals surface area contributed by atoms with Crippen molar-refractivity contribution in [3.05, 3.63) is 42.0 Å². The van der Waals surface area contributed by atoms with Crippen LogP contribution in [0.2, 0.25) is 0 Å². The minimum absolute atomic E-state index is 0.428. The molecular weight excluding hydrogens is 162 g/mol. The fourth-order valence-electron chi connectivity index (χ4n) is 1.68. The molecule has 0 radical (unpaired) electrons. The molecule has 1 aliphatic rings. The Kier molecular flexibility index (Phi) is 1.85. The van der Waals surface area contributed by atoms with Crippen LogP contribution < -0.4 is 0 Å². The summed E-state index contributed by atoms with van der Waals surface area (Å²) in [5.41, 5.74) is 3.22. The summed E-state index contributed by atoms with van der Waals surface area (Å²) >= 11 is 0. The van der Waals surface area contributed by atoms with E-state index in [0.29, 0.717) is 6.42 Å². The predicted octanol–water partition coefficient (Wildman–Crippen LogP) is 1.46. The van der Waals surface area contributed by atoms with E-state index in [9.17, 15) is 5.11 Å². The molecule has 1 aromatic carbocycles. The lowest BCUT2D eigenvalue weighted by atomic mass is 9.97. The van der Waals surface area contributed by atoms with Gasteiger partial charge < -0.3 is 10.0 Å². The fourth-order valence-corrected chi connectivity index (χ4v) is 1.68. The molecule has 1 N–H and O–H groups in total. The SMILES string of the molecule is C=C1c2ccccc2CC(O)N1C. The van der Waals surface area contributed by atoms with Crippen molar-refractivity contribution in [3.8, 4) is 0 Å². The fraction of sp³-hybridized carbons (Fsp3) is 0.273. The zero-order valence-corrected chi connectivity index (χ0v) is 7.70. The summed E-state index contributed by atoms with van der Waals surface area (Å²) in [6.45, 7) is 3.95. The second-order valence-corrected chi connectivity index (χ2v) is 3.40. The Morgan fingerprint density at radius 2 is 2.15 bits per heavy atom. The molecule has 0 saturated carbocycles. The molecule has 0 aliphatic carbocycles. The van der Waals surface area contributed by atoms with Crippen LogP contribution in [0.1, 0.15) is 11.1 Å². The minimum atomic E-state index is -0.428. The van der Waals surface area contributed by atoms with Gasteiger partial charge in [0.05, 0.1) is 0 Å². The van der Waals surface area contributed by atoms with Gasteiger partial charge in [-0.15, -0.1) is 0 Å². The van der Waals surface area contributed by atoms with Crippen molar-refractivity contribution in [1.29, 1.82) is 0 Å². The van der Waals surface area contributed by atoms with Gasteiger partial charge in [-0.1, -0.05) is 30.8 Å². The monoisotopic (exact) mass is 175 g/mol. The molecule has 0 spiro atoms. The van der Waals surface area contributed by atoms with E-state index < -0.39 is 6.23 Å². The van der Waals surface area contributed by atoms with E-state index in [1.54, 1.807) is 0 Å². The molecule has 1 aliphatic heterocycles. The van der Waals surface area contributed by atoms with Crippen molar-refractivity contribution in [1.82, 2.24) is 4.90 Å². The van der Waals surface area contributed by atoms with Crippen molar-refractivity contribution < 1.29 is 5.11 Å². The summed E-state index contributed by atoms with van der Waals surface area (Å²) in [6.07, 6.45) is 0.258. The zero-order chi connectivity index (χ0) is 9.42. The average molecular weight is 175 g/mol. The predicted molar refractivity (Wildman–Crippen MR) is 52.9 cm³/mol. The standard InChI is InChI=1S/C11H13NO/c1-8-10-6-4-3-5-9(10)7-11(13)12(8)2/h3-6,11,13H,1,7H2,2H3. The topological polar surface area (TPSA) is 23.5 Å². The van der Waals surface area contributed by atoms with Crippen molar-refractivity contribution in [3.63, 3.8) is 0 Å². The van der Waals surface area contributed by atoms with E-state index in [-0.39, 0.29) is 0 Å². The van der Waals surface area contributed by atoms with Gasteiger partial charge in [0.25, 0.3) is 0 Å². The van der Waals surface area contributed by atoms with Gasteiger partial charge in [-0.05, 0) is 5.56 Å². The Hall–Kier alpha value is -1.28. The first-order chi connectivity index (χ1) is 6.20. The molecule has 1 unspecified atom stereocenters. The molecule has 0 bridgehead atoms. The summed E-state index contributed by atoms with van der Waals surface area (Å²) in [7, 11) is 1.86. The maximum Gasteiger partial charge on any atom is 0.130 e. The van der Waals surface area contributed by atoms with E-state index in [1.807, 2.05) is 36.2 Å². The maximum absolute atomic E-state index is 9.66. The van der Waals surface area contributed by atoms with Gasteiger partial charge in [0.2, 0.25) is 0 Å². The summed E-state index contributed by atoms with van der Waals surface area (Å²) in [4.78, 5) is 1.81. The van der Waals surface area contributed by atoms with Crippen LogP contribution in [0.5, 0.6) is 0 Å². The molecule has 0 fully saturated rings. The van der Waals surface area contributed by atoms with Crippen LogP contribution in [0, 0.1) is 0 Å². The van der Waals surface area contributed by atoms with Crippen molar-refractivity contribution in [2.24, 2.45) is 0 Å². The Bertz CT molecular complexity index is 346. The Labute approximate surface area is 78.1 Å². The minimum Gasteiger partial charge on any atom is -0.373 e. The quantitative estimate of drug-likeness (QED) is 0.645. The average Bonchev–Trinajstić information content (AvgIpc) is 2.15. The Balaban J connectivity index is 2.49. The lowest BCUT2D eigenvalue weighted by Gasteiger charge is -2.33. The third-order valence-electron chi connectivity index (χ3n) is 2.60. The lowest BCUT2D eigenvalue weighted by Crippen LogP contribution is -2.35. The van der Waals surface area contributed by atoms with Crippen LogP contribution in [0.3, 0.4) is 0 Å². The van der Waals surface area contributed by atoms with Gasteiger partial charge in [-0.2, -0.15) is 0 Å². The first-order valence-electron chi connectivity index (χ1n) is 4.38. The number of fused-ring (bicyclic) bond motifs is 1. The Morgan fingerprint density at radius 1 is 1.46 bits per heavy atom. The highest BCUT2D eigenvalue weighted by Gasteiger charge is 2.22. The first kappa shape index (κ1) is 8.32. The maximum atomic E-state index is 9.66. The van der Waals surface area contributed by atoms with Crippen molar-refractivity contribution in [2.45, 2.75) is 12.6 Å². The van der Waals surface area contributed by atoms with Gasteiger partial charge >= 0.3 is 0 Å². The number of likely N-dealkylation sites (N-methyl/N-ethyl adjacent to an activating group) is 1. The van der Waals surface area contributed by atoms with E-state index in [2.05, 4.69) is 6.58 Å². The highest BCUT2D eigenvalue weighted by molar-refractivity contribution is 5.66. The number of aliphatic hydroxyl groups is 1. The van der Waals surface area contributed by atoms with Gasteiger partial charge in [0.15, 0.2) is 0 Å². The van der Waals surface area contributed by atoms with E-state index in [0.717, 1.165) is 11.3 Å². The number of hydrogen-bond donors (Lipinski definition) is 1. The number of aliphatic hydroxyl groups excluding tert-OH is 1. The molecule has 1 heterocycles. The summed E-state index contributed by atoms with van der Waals surface area (Å²) in [5, 5.41) is 9.66. The van der Waals surface area contributed by atoms with Gasteiger partial charge in [-0.25, -0.2) is 0 Å². The van der Waals surface area contributed by atoms with Crippen LogP contribution in [-0.4, -0.2) is 23.3 Å². The van der Waals surface area contributed by atoms with Crippen LogP contribution >= 0.6 is 0 Å². The zero-order valence-electron chi connectivity index (χ0n) is 7.70. The summed E-state index contributed by atoms with van der Waals surface area (Å²) < 4.78 is 0. The molecule has 2 rings (SSSR count). The summed E-state index contributed by atoms with van der Waals surface area (Å²) in [6, 6.07) is 8.07. The third kappa shape index (κ3) is 1.23. The number of rotatable bonds is 0. The smallest absolute Gasteiger partial charge is 0.130 e. The van der Waals surface area contributed by atoms with Crippen molar-refractivity contribution >= 4 is 5.70 Å². The molecule has 0 amide bonds. The van der Waals surface area contributed by atoms with Crippen molar-refractivity contribution in [2.75, 3.05) is 7.05 Å². The molecule has 0 aromatic heterocycles. The molecule has 68 valence electrons. The molecule has 2 nitrogen and oxygen atoms in total. The van der Waals surface area contributed by atoms with Gasteiger partial charge in [0.1, 0.15) is 6.23 Å². The van der Waals surface area contributed by atoms with E-state index >= 15 is 0 Å². The second-order valence-electron chi connectivity index (χ2n) is 3.40.